The third-order valence-electron chi connectivity index (χ3n) is 4.12. The van der Waals surface area contributed by atoms with Crippen LogP contribution in [0, 0.1) is 0 Å². The van der Waals surface area contributed by atoms with Crippen molar-refractivity contribution >= 4 is 17.5 Å². The van der Waals surface area contributed by atoms with Crippen LogP contribution in [-0.4, -0.2) is 29.4 Å². The summed E-state index contributed by atoms with van der Waals surface area (Å²) in [5.41, 5.74) is 2.26. The van der Waals surface area contributed by atoms with Gasteiger partial charge in [0.05, 0.1) is 5.69 Å². The molecule has 1 aromatic rings. The van der Waals surface area contributed by atoms with Crippen LogP contribution in [0.1, 0.15) is 44.6 Å². The molecule has 3 rings (SSSR count). The molecular formula is C17H22N2O2. The van der Waals surface area contributed by atoms with Crippen LogP contribution in [0.25, 0.3) is 0 Å². The molecule has 112 valence electrons. The Kier molecular flexibility index (Phi) is 4.23. The van der Waals surface area contributed by atoms with Crippen LogP contribution in [0.5, 0.6) is 0 Å². The van der Waals surface area contributed by atoms with Gasteiger partial charge < -0.3 is 9.64 Å². The monoisotopic (exact) mass is 286 g/mol. The van der Waals surface area contributed by atoms with Crippen LogP contribution in [0.15, 0.2) is 29.3 Å². The van der Waals surface area contributed by atoms with Gasteiger partial charge >= 0.3 is 5.97 Å². The summed E-state index contributed by atoms with van der Waals surface area (Å²) < 4.78 is 5.63. The van der Waals surface area contributed by atoms with E-state index >= 15 is 0 Å². The highest BCUT2D eigenvalue weighted by Gasteiger charge is 2.34. The maximum absolute atomic E-state index is 11.9. The Balaban J connectivity index is 1.66. The van der Waals surface area contributed by atoms with Crippen LogP contribution >= 0.6 is 0 Å². The van der Waals surface area contributed by atoms with Gasteiger partial charge in [-0.2, -0.15) is 0 Å². The lowest BCUT2D eigenvalue weighted by Gasteiger charge is -2.26. The number of para-hydroxylation sites is 1. The standard InChI is InChI=1S/C17H22N2O2/c1-2-3-4-9-16(20)21-15-10-11-19-12-13-7-5-6-8-14(13)18-17(15)19/h5-8,15H,2-4,9-12H2,1H3/t15-/m1/s1. The average Bonchev–Trinajstić information content (AvgIpc) is 2.87. The first-order valence-electron chi connectivity index (χ1n) is 7.89. The third kappa shape index (κ3) is 3.09. The molecule has 0 unspecified atom stereocenters. The van der Waals surface area contributed by atoms with E-state index in [1.807, 2.05) is 18.2 Å². The molecule has 1 atom stereocenters. The van der Waals surface area contributed by atoms with Gasteiger partial charge in [-0.25, -0.2) is 4.99 Å². The van der Waals surface area contributed by atoms with Crippen LogP contribution in [0.3, 0.4) is 0 Å². The molecule has 0 radical (unpaired) electrons. The van der Waals surface area contributed by atoms with Gasteiger partial charge in [-0.1, -0.05) is 38.0 Å². The molecule has 0 bridgehead atoms. The second-order valence-electron chi connectivity index (χ2n) is 5.74. The zero-order valence-corrected chi connectivity index (χ0v) is 12.5. The lowest BCUT2D eigenvalue weighted by Crippen LogP contribution is -2.33. The number of hydrogen-bond donors (Lipinski definition) is 0. The largest absolute Gasteiger partial charge is 0.454 e. The number of unbranched alkanes of at least 4 members (excludes halogenated alkanes) is 2. The van der Waals surface area contributed by atoms with Gasteiger partial charge in [-0.15, -0.1) is 0 Å². The smallest absolute Gasteiger partial charge is 0.306 e. The summed E-state index contributed by atoms with van der Waals surface area (Å²) in [6.45, 7) is 3.92. The van der Waals surface area contributed by atoms with E-state index in [0.717, 1.165) is 50.3 Å². The van der Waals surface area contributed by atoms with Crippen molar-refractivity contribution in [1.82, 2.24) is 4.90 Å². The summed E-state index contributed by atoms with van der Waals surface area (Å²) in [6, 6.07) is 8.18. The lowest BCUT2D eigenvalue weighted by molar-refractivity contribution is -0.146. The Bertz CT molecular complexity index is 553. The van der Waals surface area contributed by atoms with Crippen molar-refractivity contribution in [2.75, 3.05) is 6.54 Å². The van der Waals surface area contributed by atoms with Gasteiger partial charge in [0.1, 0.15) is 5.84 Å². The number of carbonyl (C=O) groups is 1. The number of nitrogens with zero attached hydrogens (tertiary/aromatic N) is 2. The molecule has 1 fully saturated rings. The summed E-state index contributed by atoms with van der Waals surface area (Å²) in [4.78, 5) is 18.8. The van der Waals surface area contributed by atoms with Crippen molar-refractivity contribution in [3.05, 3.63) is 29.8 Å². The van der Waals surface area contributed by atoms with Crippen molar-refractivity contribution < 1.29 is 9.53 Å². The van der Waals surface area contributed by atoms with E-state index in [4.69, 9.17) is 9.73 Å². The van der Waals surface area contributed by atoms with Crippen LogP contribution in [0.2, 0.25) is 0 Å². The van der Waals surface area contributed by atoms with Gasteiger partial charge in [0.15, 0.2) is 6.10 Å². The number of carbonyl (C=O) groups excluding carboxylic acids is 1. The number of ether oxygens (including phenoxy) is 1. The zero-order chi connectivity index (χ0) is 14.7. The van der Waals surface area contributed by atoms with Crippen LogP contribution in [0.4, 0.5) is 5.69 Å². The van der Waals surface area contributed by atoms with Gasteiger partial charge in [-0.3, -0.25) is 4.79 Å². The molecule has 0 saturated carbocycles. The Morgan fingerprint density at radius 1 is 1.38 bits per heavy atom. The van der Waals surface area contributed by atoms with E-state index in [-0.39, 0.29) is 12.1 Å². The Morgan fingerprint density at radius 3 is 3.10 bits per heavy atom. The Labute approximate surface area is 125 Å². The molecule has 1 saturated heterocycles. The molecule has 2 aliphatic heterocycles. The van der Waals surface area contributed by atoms with E-state index in [0.29, 0.717) is 6.42 Å². The quantitative estimate of drug-likeness (QED) is 0.615. The van der Waals surface area contributed by atoms with Crippen molar-refractivity contribution in [2.24, 2.45) is 4.99 Å². The molecule has 0 aliphatic carbocycles. The molecule has 2 aliphatic rings. The predicted octanol–water partition coefficient (Wildman–Crippen LogP) is 3.43. The molecular weight excluding hydrogens is 264 g/mol. The Morgan fingerprint density at radius 2 is 2.24 bits per heavy atom. The number of hydrogen-bond acceptors (Lipinski definition) is 4. The van der Waals surface area contributed by atoms with E-state index in [1.54, 1.807) is 0 Å². The highest BCUT2D eigenvalue weighted by atomic mass is 16.5. The molecule has 4 nitrogen and oxygen atoms in total. The first-order chi connectivity index (χ1) is 10.3. The molecule has 21 heavy (non-hydrogen) atoms. The van der Waals surface area contributed by atoms with Crippen molar-refractivity contribution in [1.29, 1.82) is 0 Å². The fourth-order valence-electron chi connectivity index (χ4n) is 2.95. The molecule has 1 aromatic carbocycles. The maximum Gasteiger partial charge on any atom is 0.306 e. The fourth-order valence-corrected chi connectivity index (χ4v) is 2.95. The average molecular weight is 286 g/mol. The highest BCUT2D eigenvalue weighted by molar-refractivity contribution is 5.93. The van der Waals surface area contributed by atoms with Crippen LogP contribution < -0.4 is 0 Å². The van der Waals surface area contributed by atoms with Crippen molar-refractivity contribution in [2.45, 2.75) is 51.7 Å². The SMILES string of the molecule is CCCCCC(=O)O[C@@H]1CCN2Cc3ccccc3N=C12. The summed E-state index contributed by atoms with van der Waals surface area (Å²) in [5, 5.41) is 0. The summed E-state index contributed by atoms with van der Waals surface area (Å²) >= 11 is 0. The summed E-state index contributed by atoms with van der Waals surface area (Å²) in [6.07, 6.45) is 4.34. The third-order valence-corrected chi connectivity index (χ3v) is 4.12. The fraction of sp³-hybridized carbons (Fsp3) is 0.529. The second kappa shape index (κ2) is 6.29. The van der Waals surface area contributed by atoms with E-state index in [9.17, 15) is 4.79 Å². The maximum atomic E-state index is 11.9. The van der Waals surface area contributed by atoms with Crippen molar-refractivity contribution in [3.63, 3.8) is 0 Å². The van der Waals surface area contributed by atoms with Gasteiger partial charge in [0, 0.05) is 25.9 Å². The van der Waals surface area contributed by atoms with E-state index in [1.165, 1.54) is 5.56 Å². The minimum Gasteiger partial charge on any atom is -0.454 e. The molecule has 0 amide bonds. The number of esters is 1. The van der Waals surface area contributed by atoms with Gasteiger partial charge in [-0.05, 0) is 18.1 Å². The number of amidine groups is 1. The number of rotatable bonds is 5. The number of fused-ring (bicyclic) bond motifs is 2. The highest BCUT2D eigenvalue weighted by Crippen LogP contribution is 2.31. The van der Waals surface area contributed by atoms with Crippen molar-refractivity contribution in [3.8, 4) is 0 Å². The summed E-state index contributed by atoms with van der Waals surface area (Å²) in [5.74, 6) is 0.842. The molecule has 0 aromatic heterocycles. The number of aliphatic imine (C=N–C) groups is 1. The molecule has 2 heterocycles. The van der Waals surface area contributed by atoms with E-state index in [2.05, 4.69) is 17.9 Å². The first-order valence-corrected chi connectivity index (χ1v) is 7.89. The van der Waals surface area contributed by atoms with Crippen LogP contribution in [-0.2, 0) is 16.1 Å². The zero-order valence-electron chi connectivity index (χ0n) is 12.5. The van der Waals surface area contributed by atoms with E-state index < -0.39 is 0 Å². The first kappa shape index (κ1) is 14.1. The minimum atomic E-state index is -0.160. The number of benzene rings is 1. The lowest BCUT2D eigenvalue weighted by atomic mass is 10.1. The van der Waals surface area contributed by atoms with Gasteiger partial charge in [0.2, 0.25) is 0 Å². The van der Waals surface area contributed by atoms with Gasteiger partial charge in [0.25, 0.3) is 0 Å². The normalized spacial score (nSPS) is 19.8. The molecule has 0 spiro atoms. The molecule has 4 heteroatoms. The summed E-state index contributed by atoms with van der Waals surface area (Å²) in [7, 11) is 0. The molecule has 0 N–H and O–H groups in total. The second-order valence-corrected chi connectivity index (χ2v) is 5.74. The predicted molar refractivity (Wildman–Crippen MR) is 82.6 cm³/mol. The Hall–Kier alpha value is -1.84. The topological polar surface area (TPSA) is 41.9 Å². The minimum absolute atomic E-state index is 0.0862.